The topological polar surface area (TPSA) is 67.9 Å². The first-order valence-electron chi connectivity index (χ1n) is 9.00. The molecule has 6 nitrogen and oxygen atoms in total. The molecule has 26 heavy (non-hydrogen) atoms. The van der Waals surface area contributed by atoms with Crippen LogP contribution in [0.5, 0.6) is 11.5 Å². The van der Waals surface area contributed by atoms with Gasteiger partial charge in [-0.2, -0.15) is 0 Å². The minimum atomic E-state index is -0.235. The Balaban J connectivity index is 2.00. The molecule has 0 aromatic heterocycles. The number of carbonyl (C=O) groups is 2. The molecule has 0 radical (unpaired) electrons. The molecule has 2 rings (SSSR count). The second kappa shape index (κ2) is 9.85. The normalized spacial score (nSPS) is 13.6. The van der Waals surface area contributed by atoms with Gasteiger partial charge in [-0.1, -0.05) is 11.6 Å². The van der Waals surface area contributed by atoms with Crippen molar-refractivity contribution in [1.82, 2.24) is 5.32 Å². The third-order valence-electron chi connectivity index (χ3n) is 4.51. The van der Waals surface area contributed by atoms with Crippen LogP contribution in [-0.4, -0.2) is 39.1 Å². The van der Waals surface area contributed by atoms with Crippen LogP contribution in [0.1, 0.15) is 39.0 Å². The number of nitrogens with zero attached hydrogens (tertiary/aromatic N) is 1. The zero-order chi connectivity index (χ0) is 18.9. The van der Waals surface area contributed by atoms with Crippen molar-refractivity contribution >= 4 is 17.5 Å². The molecule has 1 aliphatic carbocycles. The largest absolute Gasteiger partial charge is 0.497 e. The first-order chi connectivity index (χ1) is 12.5. The van der Waals surface area contributed by atoms with E-state index in [1.807, 2.05) is 0 Å². The fraction of sp³-hybridized carbons (Fsp3) is 0.500. The summed E-state index contributed by atoms with van der Waals surface area (Å²) >= 11 is 0. The van der Waals surface area contributed by atoms with Gasteiger partial charge in [-0.25, -0.2) is 0 Å². The van der Waals surface area contributed by atoms with Crippen LogP contribution in [0.15, 0.2) is 29.8 Å². The van der Waals surface area contributed by atoms with E-state index in [0.29, 0.717) is 23.7 Å². The number of hydrogen-bond acceptors (Lipinski definition) is 4. The highest BCUT2D eigenvalue weighted by Gasteiger charge is 2.20. The summed E-state index contributed by atoms with van der Waals surface area (Å²) in [4.78, 5) is 25.8. The predicted molar refractivity (Wildman–Crippen MR) is 102 cm³/mol. The van der Waals surface area contributed by atoms with E-state index in [9.17, 15) is 9.59 Å². The van der Waals surface area contributed by atoms with Crippen molar-refractivity contribution in [2.75, 3.05) is 32.2 Å². The molecule has 0 bridgehead atoms. The lowest BCUT2D eigenvalue weighted by molar-refractivity contribution is -0.123. The van der Waals surface area contributed by atoms with E-state index >= 15 is 0 Å². The van der Waals surface area contributed by atoms with E-state index in [4.69, 9.17) is 9.47 Å². The predicted octanol–water partition coefficient (Wildman–Crippen LogP) is 3.06. The molecule has 2 amide bonds. The zero-order valence-electron chi connectivity index (χ0n) is 15.8. The van der Waals surface area contributed by atoms with Gasteiger partial charge in [-0.15, -0.1) is 0 Å². The third-order valence-corrected chi connectivity index (χ3v) is 4.51. The molecule has 6 heteroatoms. The number of carbonyl (C=O) groups excluding carboxylic acids is 2. The Morgan fingerprint density at radius 1 is 1.19 bits per heavy atom. The van der Waals surface area contributed by atoms with Crippen molar-refractivity contribution in [3.05, 3.63) is 29.8 Å². The second-order valence-electron chi connectivity index (χ2n) is 6.35. The molecular weight excluding hydrogens is 332 g/mol. The summed E-state index contributed by atoms with van der Waals surface area (Å²) in [6, 6.07) is 5.16. The molecule has 0 unspecified atom stereocenters. The van der Waals surface area contributed by atoms with Gasteiger partial charge in [0.05, 0.1) is 19.9 Å². The van der Waals surface area contributed by atoms with Gasteiger partial charge in [0.15, 0.2) is 0 Å². The molecule has 0 fully saturated rings. The molecule has 0 aliphatic heterocycles. The zero-order valence-corrected chi connectivity index (χ0v) is 15.8. The Kier molecular flexibility index (Phi) is 7.51. The average Bonchev–Trinajstić information content (AvgIpc) is 2.66. The molecule has 1 aromatic carbocycles. The van der Waals surface area contributed by atoms with Crippen LogP contribution in [0, 0.1) is 0 Å². The van der Waals surface area contributed by atoms with E-state index in [1.54, 1.807) is 25.3 Å². The lowest BCUT2D eigenvalue weighted by atomic mass is 9.97. The monoisotopic (exact) mass is 360 g/mol. The maximum atomic E-state index is 12.3. The summed E-state index contributed by atoms with van der Waals surface area (Å²) in [5, 5.41) is 2.91. The van der Waals surface area contributed by atoms with Gasteiger partial charge in [-0.05, 0) is 44.2 Å². The molecule has 1 aliphatic rings. The van der Waals surface area contributed by atoms with Crippen molar-refractivity contribution in [3.8, 4) is 11.5 Å². The van der Waals surface area contributed by atoms with Crippen LogP contribution in [0.3, 0.4) is 0 Å². The third kappa shape index (κ3) is 5.51. The summed E-state index contributed by atoms with van der Waals surface area (Å²) in [5.74, 6) is 0.682. The summed E-state index contributed by atoms with van der Waals surface area (Å²) in [6.45, 7) is 1.96. The van der Waals surface area contributed by atoms with Gasteiger partial charge in [0.2, 0.25) is 11.8 Å². The number of anilines is 1. The molecule has 0 spiro atoms. The summed E-state index contributed by atoms with van der Waals surface area (Å²) < 4.78 is 10.6. The fourth-order valence-corrected chi connectivity index (χ4v) is 3.07. The Hall–Kier alpha value is -2.50. The van der Waals surface area contributed by atoms with Crippen LogP contribution in [-0.2, 0) is 9.59 Å². The highest BCUT2D eigenvalue weighted by molar-refractivity contribution is 5.98. The number of rotatable bonds is 8. The highest BCUT2D eigenvalue weighted by atomic mass is 16.5. The van der Waals surface area contributed by atoms with E-state index in [2.05, 4.69) is 11.4 Å². The molecule has 142 valence electrons. The average molecular weight is 360 g/mol. The standard InChI is InChI=1S/C20H28N2O4/c1-15(23)22(18-13-17(25-2)9-10-19(18)26-3)14-20(24)21-12-11-16-7-5-4-6-8-16/h7,9-10,13H,4-6,8,11-12,14H2,1-3H3,(H,21,24). The summed E-state index contributed by atoms with van der Waals surface area (Å²) in [5.41, 5.74) is 1.93. The van der Waals surface area contributed by atoms with E-state index in [-0.39, 0.29) is 18.4 Å². The summed E-state index contributed by atoms with van der Waals surface area (Å²) in [7, 11) is 3.08. The van der Waals surface area contributed by atoms with Crippen LogP contribution in [0.25, 0.3) is 0 Å². The highest BCUT2D eigenvalue weighted by Crippen LogP contribution is 2.32. The maximum Gasteiger partial charge on any atom is 0.240 e. The smallest absolute Gasteiger partial charge is 0.240 e. The maximum absolute atomic E-state index is 12.3. The Bertz CT molecular complexity index is 670. The van der Waals surface area contributed by atoms with Crippen LogP contribution >= 0.6 is 0 Å². The van der Waals surface area contributed by atoms with E-state index in [1.165, 1.54) is 37.3 Å². The van der Waals surface area contributed by atoms with Gasteiger partial charge in [0, 0.05) is 19.5 Å². The molecule has 0 saturated carbocycles. The Morgan fingerprint density at radius 2 is 2.00 bits per heavy atom. The molecule has 1 aromatic rings. The van der Waals surface area contributed by atoms with Crippen LogP contribution < -0.4 is 19.7 Å². The van der Waals surface area contributed by atoms with Gasteiger partial charge in [-0.3, -0.25) is 14.5 Å². The lowest BCUT2D eigenvalue weighted by Gasteiger charge is -2.23. The minimum Gasteiger partial charge on any atom is -0.497 e. The first kappa shape index (κ1) is 19.8. The number of benzene rings is 1. The van der Waals surface area contributed by atoms with Gasteiger partial charge >= 0.3 is 0 Å². The number of nitrogens with one attached hydrogen (secondary N) is 1. The second-order valence-corrected chi connectivity index (χ2v) is 6.35. The number of hydrogen-bond donors (Lipinski definition) is 1. The molecule has 0 heterocycles. The van der Waals surface area contributed by atoms with Crippen LogP contribution in [0.2, 0.25) is 0 Å². The molecule has 0 saturated heterocycles. The van der Waals surface area contributed by atoms with Crippen molar-refractivity contribution < 1.29 is 19.1 Å². The first-order valence-corrected chi connectivity index (χ1v) is 9.00. The van der Waals surface area contributed by atoms with Gasteiger partial charge in [0.25, 0.3) is 0 Å². The van der Waals surface area contributed by atoms with E-state index < -0.39 is 0 Å². The van der Waals surface area contributed by atoms with Gasteiger partial charge in [0.1, 0.15) is 18.0 Å². The van der Waals surface area contributed by atoms with Crippen LogP contribution in [0.4, 0.5) is 5.69 Å². The SMILES string of the molecule is COc1ccc(OC)c(N(CC(=O)NCCC2=CCCCC2)C(C)=O)c1. The fourth-order valence-electron chi connectivity index (χ4n) is 3.07. The number of methoxy groups -OCH3 is 2. The molecule has 0 atom stereocenters. The lowest BCUT2D eigenvalue weighted by Crippen LogP contribution is -2.40. The van der Waals surface area contributed by atoms with Gasteiger partial charge < -0.3 is 14.8 Å². The summed E-state index contributed by atoms with van der Waals surface area (Å²) in [6.07, 6.45) is 7.89. The Morgan fingerprint density at radius 3 is 2.62 bits per heavy atom. The molecule has 1 N–H and O–H groups in total. The van der Waals surface area contributed by atoms with Crippen molar-refractivity contribution in [2.24, 2.45) is 0 Å². The number of allylic oxidation sites excluding steroid dienone is 1. The van der Waals surface area contributed by atoms with Crippen molar-refractivity contribution in [1.29, 1.82) is 0 Å². The van der Waals surface area contributed by atoms with E-state index in [0.717, 1.165) is 19.3 Å². The minimum absolute atomic E-state index is 0.0576. The molecular formula is C20H28N2O4. The van der Waals surface area contributed by atoms with Crippen molar-refractivity contribution in [2.45, 2.75) is 39.0 Å². The quantitative estimate of drug-likeness (QED) is 0.724. The number of amides is 2. The Labute approximate surface area is 155 Å². The number of ether oxygens (including phenoxy) is 2. The van der Waals surface area contributed by atoms with Crippen molar-refractivity contribution in [3.63, 3.8) is 0 Å².